The Labute approximate surface area is 46.7 Å². The first-order valence-corrected chi connectivity index (χ1v) is 1.19. The Balaban J connectivity index is 0. The smallest absolute Gasteiger partial charge is 0 e. The Morgan fingerprint density at radius 3 is 1.75 bits per heavy atom. The molecule has 0 aromatic heterocycles. The van der Waals surface area contributed by atoms with E-state index in [9.17, 15) is 0 Å². The average molecular weight is 234 g/mol. The second-order valence-corrected chi connectivity index (χ2v) is 0.403. The molecule has 0 saturated carbocycles. The van der Waals surface area contributed by atoms with Gasteiger partial charge in [0, 0.05) is 19.5 Å². The molecule has 28 valence electrons. The van der Waals surface area contributed by atoms with Crippen molar-refractivity contribution in [2.75, 3.05) is 0 Å². The molecule has 0 aliphatic carbocycles. The number of hydrogen-bond acceptors (Lipinski definition) is 1. The molecule has 1 radical (unpaired) electrons. The van der Waals surface area contributed by atoms with E-state index in [1.807, 2.05) is 17.9 Å². The summed E-state index contributed by atoms with van der Waals surface area (Å²) >= 11 is 1.92. The van der Waals surface area contributed by atoms with Gasteiger partial charge in [0.25, 0.3) is 0 Å². The Hall–Kier alpha value is 0.827. The zero-order valence-electron chi connectivity index (χ0n) is 1.57. The molecule has 3 heteroatoms. The summed E-state index contributed by atoms with van der Waals surface area (Å²) in [5, 5.41) is 0. The summed E-state index contributed by atoms with van der Waals surface area (Å²) in [7, 11) is 0. The molecule has 0 aromatic carbocycles. The molecule has 0 unspecified atom stereocenters. The van der Waals surface area contributed by atoms with Gasteiger partial charge in [0.05, 0.1) is 0 Å². The third kappa shape index (κ3) is 13.8. The van der Waals surface area contributed by atoms with Crippen LogP contribution in [0.5, 0.6) is 0 Å². The molecule has 0 atom stereocenters. The van der Waals surface area contributed by atoms with Crippen LogP contribution in [0.4, 0.5) is 0 Å². The van der Waals surface area contributed by atoms with E-state index in [4.69, 9.17) is 4.79 Å². The summed E-state index contributed by atoms with van der Waals surface area (Å²) < 4.78 is 1.39. The van der Waals surface area contributed by atoms with Crippen LogP contribution >= 0.6 is 0 Å². The average Bonchev–Trinajstić information content (AvgIpc) is 0.918. The van der Waals surface area contributed by atoms with Gasteiger partial charge in [-0.3, -0.25) is 0 Å². The number of carbonyl (C=O) groups excluding carboxylic acids is 1. The molecule has 0 heterocycles. The molecule has 0 spiro atoms. The molecule has 0 rings (SSSR count). The van der Waals surface area contributed by atoms with Crippen molar-refractivity contribution in [3.05, 3.63) is 0 Å². The molecule has 0 bridgehead atoms. The Morgan fingerprint density at radius 2 is 1.75 bits per heavy atom. The van der Waals surface area contributed by atoms with Gasteiger partial charge < -0.3 is 0 Å². The number of rotatable bonds is 0. The summed E-state index contributed by atoms with van der Waals surface area (Å²) in [4.78, 5) is 8.63. The molecule has 0 fully saturated rings. The van der Waals surface area contributed by atoms with Crippen LogP contribution in [0.3, 0.4) is 0 Å². The van der Waals surface area contributed by atoms with E-state index in [1.165, 1.54) is 4.47 Å². The molecule has 1 nitrogen and oxygen atoms in total. The van der Waals surface area contributed by atoms with Gasteiger partial charge >= 0.3 is 27.1 Å². The molecule has 0 aliphatic rings. The van der Waals surface area contributed by atoms with Crippen molar-refractivity contribution in [3.8, 4) is 0 Å². The van der Waals surface area contributed by atoms with Crippen molar-refractivity contribution in [1.29, 1.82) is 0 Å². The van der Waals surface area contributed by atoms with Gasteiger partial charge in [-0.2, -0.15) is 0 Å². The van der Waals surface area contributed by atoms with E-state index in [-0.39, 0.29) is 19.5 Å². The van der Waals surface area contributed by atoms with Crippen LogP contribution in [0.15, 0.2) is 0 Å². The maximum atomic E-state index is 8.63. The predicted molar refractivity (Wildman–Crippen MR) is 5.69 cm³/mol. The van der Waals surface area contributed by atoms with Gasteiger partial charge in [-0.25, -0.2) is 0 Å². The van der Waals surface area contributed by atoms with E-state index < -0.39 is 0 Å². The van der Waals surface area contributed by atoms with E-state index in [1.54, 1.807) is 0 Å². The second-order valence-electron chi connectivity index (χ2n) is 0.0680. The van der Waals surface area contributed by atoms with Crippen molar-refractivity contribution in [1.82, 2.24) is 0 Å². The van der Waals surface area contributed by atoms with Crippen molar-refractivity contribution >= 4 is 4.47 Å². The maximum Gasteiger partial charge on any atom is 0 e. The van der Waals surface area contributed by atoms with E-state index in [2.05, 4.69) is 0 Å². The summed E-state index contributed by atoms with van der Waals surface area (Å²) in [5.41, 5.74) is 0. The molecule has 4 heavy (non-hydrogen) atoms. The van der Waals surface area contributed by atoms with Gasteiger partial charge in [0.1, 0.15) is 0 Å². The molecule has 0 N–H and O–H groups in total. The van der Waals surface area contributed by atoms with Gasteiger partial charge in [-0.05, 0) is 0 Å². The molecule has 0 aliphatic heterocycles. The summed E-state index contributed by atoms with van der Waals surface area (Å²) in [5.74, 6) is 0. The van der Waals surface area contributed by atoms with Crippen molar-refractivity contribution in [2.45, 2.75) is 0 Å². The predicted octanol–water partition coefficient (Wildman–Crippen LogP) is -0.402. The van der Waals surface area contributed by atoms with Crippen LogP contribution in [-0.4, -0.2) is 4.47 Å². The van der Waals surface area contributed by atoms with Crippen molar-refractivity contribution in [2.24, 2.45) is 0 Å². The standard InChI is InChI=1S/CO.2Rh/c1-2;;. The minimum atomic E-state index is 0. The SMILES string of the molecule is O=[C]=[Rh].[Rh]. The first-order chi connectivity index (χ1) is 1.41. The van der Waals surface area contributed by atoms with E-state index in [0.717, 1.165) is 0 Å². The third-order valence-corrected chi connectivity index (χ3v) is 0. The summed E-state index contributed by atoms with van der Waals surface area (Å²) in [6, 6.07) is 0. The number of hydrogen-bond donors (Lipinski definition) is 0. The van der Waals surface area contributed by atoms with Crippen LogP contribution in [0, 0.1) is 0 Å². The van der Waals surface area contributed by atoms with Crippen molar-refractivity contribution in [3.63, 3.8) is 0 Å². The minimum Gasteiger partial charge on any atom is 0 e. The van der Waals surface area contributed by atoms with Crippen molar-refractivity contribution < 1.29 is 42.1 Å². The zero-order chi connectivity index (χ0) is 2.71. The molecule has 0 aromatic rings. The van der Waals surface area contributed by atoms with Gasteiger partial charge in [-0.1, -0.05) is 0 Å². The van der Waals surface area contributed by atoms with E-state index in [0.29, 0.717) is 0 Å². The maximum absolute atomic E-state index is 8.63. The molecular formula is CORh2. The first kappa shape index (κ1) is 8.85. The zero-order valence-corrected chi connectivity index (χ0v) is 4.85. The van der Waals surface area contributed by atoms with Gasteiger partial charge in [0.15, 0.2) is 0 Å². The normalized spacial score (nSPS) is 2.25. The fourth-order valence-corrected chi connectivity index (χ4v) is 0. The van der Waals surface area contributed by atoms with Crippen LogP contribution in [0.1, 0.15) is 0 Å². The van der Waals surface area contributed by atoms with Crippen LogP contribution in [-0.2, 0) is 42.1 Å². The van der Waals surface area contributed by atoms with Crippen LogP contribution in [0.25, 0.3) is 0 Å². The molecular weight excluding hydrogens is 234 g/mol. The third-order valence-electron chi connectivity index (χ3n) is 0. The monoisotopic (exact) mass is 234 g/mol. The Bertz CT molecular complexity index is 27.0. The Morgan fingerprint density at radius 1 is 1.75 bits per heavy atom. The fraction of sp³-hybridized carbons (Fsp3) is 0. The van der Waals surface area contributed by atoms with Crippen LogP contribution < -0.4 is 0 Å². The minimum absolute atomic E-state index is 0. The van der Waals surface area contributed by atoms with E-state index >= 15 is 0 Å². The topological polar surface area (TPSA) is 17.1 Å². The molecule has 0 amide bonds. The first-order valence-electron chi connectivity index (χ1n) is 0.371. The Kier molecular flexibility index (Phi) is 20.3. The van der Waals surface area contributed by atoms with Gasteiger partial charge in [-0.15, -0.1) is 0 Å². The molecule has 0 saturated heterocycles. The fourth-order valence-electron chi connectivity index (χ4n) is 0. The largest absolute Gasteiger partial charge is 0 e. The second kappa shape index (κ2) is 9.16. The van der Waals surface area contributed by atoms with Gasteiger partial charge in [0.2, 0.25) is 0 Å². The quantitative estimate of drug-likeness (QED) is 0.521. The summed E-state index contributed by atoms with van der Waals surface area (Å²) in [6.45, 7) is 0. The summed E-state index contributed by atoms with van der Waals surface area (Å²) in [6.07, 6.45) is 0. The van der Waals surface area contributed by atoms with Crippen LogP contribution in [0.2, 0.25) is 0 Å².